The Morgan fingerprint density at radius 2 is 1.94 bits per heavy atom. The van der Waals surface area contributed by atoms with Gasteiger partial charge in [-0.1, -0.05) is 13.0 Å². The van der Waals surface area contributed by atoms with Gasteiger partial charge in [-0.2, -0.15) is 24.7 Å². The lowest BCUT2D eigenvalue weighted by molar-refractivity contribution is -0.143. The zero-order chi connectivity index (χ0) is 24.7. The van der Waals surface area contributed by atoms with Gasteiger partial charge in [-0.05, 0) is 61.6 Å². The second-order valence-electron chi connectivity index (χ2n) is 10.2. The first-order valence-electron chi connectivity index (χ1n) is 12.3. The fraction of sp³-hybridized carbons (Fsp3) is 0.519. The normalized spacial score (nSPS) is 12.8. The standard InChI is InChI=1S/C27H39N3O3Si/c1-7-21-9-10-28-25(16-21)23(17-26(31)33-8-2)14-22-13-20(3)27-24(15-22)18-30(29-27)19-32-11-12-34(4,5)6/h9-10,13,15-16,18,23H,7-8,11-12,14,17,19H2,1-6H3/q-1. The molecule has 1 atom stereocenters. The molecule has 7 heteroatoms. The third-order valence-electron chi connectivity index (χ3n) is 6.00. The van der Waals surface area contributed by atoms with Gasteiger partial charge in [0.2, 0.25) is 0 Å². The summed E-state index contributed by atoms with van der Waals surface area (Å²) in [4.78, 5) is 17.0. The van der Waals surface area contributed by atoms with Crippen LogP contribution in [0.4, 0.5) is 0 Å². The Morgan fingerprint density at radius 1 is 1.15 bits per heavy atom. The monoisotopic (exact) mass is 481 g/mol. The van der Waals surface area contributed by atoms with E-state index in [4.69, 9.17) is 14.6 Å². The molecule has 0 saturated heterocycles. The number of aromatic nitrogens is 3. The zero-order valence-corrected chi connectivity index (χ0v) is 22.6. The van der Waals surface area contributed by atoms with Gasteiger partial charge in [0, 0.05) is 36.0 Å². The molecule has 34 heavy (non-hydrogen) atoms. The molecule has 0 N–H and O–H groups in total. The summed E-state index contributed by atoms with van der Waals surface area (Å²) >= 11 is 0. The number of benzene rings is 1. The van der Waals surface area contributed by atoms with Gasteiger partial charge in [0.25, 0.3) is 0 Å². The van der Waals surface area contributed by atoms with E-state index >= 15 is 0 Å². The highest BCUT2D eigenvalue weighted by atomic mass is 28.3. The van der Waals surface area contributed by atoms with Crippen molar-refractivity contribution in [3.63, 3.8) is 0 Å². The summed E-state index contributed by atoms with van der Waals surface area (Å²) in [5.74, 6) is -0.223. The van der Waals surface area contributed by atoms with Gasteiger partial charge in [0.15, 0.2) is 0 Å². The summed E-state index contributed by atoms with van der Waals surface area (Å²) in [5, 5.41) is 5.83. The predicted octanol–water partition coefficient (Wildman–Crippen LogP) is 5.89. The lowest BCUT2D eigenvalue weighted by Gasteiger charge is -2.26. The lowest BCUT2D eigenvalue weighted by Crippen LogP contribution is -2.22. The van der Waals surface area contributed by atoms with Crippen LogP contribution in [0.1, 0.15) is 48.6 Å². The average Bonchev–Trinajstić information content (AvgIpc) is 3.19. The third kappa shape index (κ3) is 7.50. The Hall–Kier alpha value is -2.51. The van der Waals surface area contributed by atoms with Gasteiger partial charge in [0.05, 0.1) is 18.5 Å². The number of hydrogen-bond donors (Lipinski definition) is 0. The summed E-state index contributed by atoms with van der Waals surface area (Å²) in [6.07, 6.45) is 5.86. The maximum atomic E-state index is 12.4. The van der Waals surface area contributed by atoms with Crippen LogP contribution in [0.15, 0.2) is 36.7 Å². The number of rotatable bonds is 12. The average molecular weight is 482 g/mol. The predicted molar refractivity (Wildman–Crippen MR) is 140 cm³/mol. The smallest absolute Gasteiger partial charge is 0.306 e. The van der Waals surface area contributed by atoms with Gasteiger partial charge in [0.1, 0.15) is 6.73 Å². The van der Waals surface area contributed by atoms with Crippen LogP contribution in [-0.4, -0.2) is 42.0 Å². The van der Waals surface area contributed by atoms with Gasteiger partial charge >= 0.3 is 5.97 Å². The van der Waals surface area contributed by atoms with E-state index in [2.05, 4.69) is 62.9 Å². The molecule has 6 nitrogen and oxygen atoms in total. The van der Waals surface area contributed by atoms with E-state index in [0.717, 1.165) is 41.2 Å². The topological polar surface area (TPSA) is 66.2 Å². The Kier molecular flexibility index (Phi) is 9.02. The second kappa shape index (κ2) is 11.8. The van der Waals surface area contributed by atoms with Crippen LogP contribution in [0, 0.1) is 6.92 Å². The molecule has 185 valence electrons. The van der Waals surface area contributed by atoms with Gasteiger partial charge in [-0.15, -0.1) is 14.1 Å². The highest BCUT2D eigenvalue weighted by Crippen LogP contribution is 2.28. The van der Waals surface area contributed by atoms with Crippen LogP contribution in [0.25, 0.3) is 10.9 Å². The molecule has 0 spiro atoms. The van der Waals surface area contributed by atoms with E-state index in [1.54, 1.807) is 0 Å². The van der Waals surface area contributed by atoms with Gasteiger partial charge in [-0.3, -0.25) is 9.78 Å². The molecule has 3 rings (SSSR count). The van der Waals surface area contributed by atoms with Crippen LogP contribution in [-0.2, 0) is 33.8 Å². The minimum Gasteiger partial charge on any atom is -0.466 e. The molecule has 0 aliphatic heterocycles. The molecule has 0 saturated carbocycles. The summed E-state index contributed by atoms with van der Waals surface area (Å²) in [6.45, 7) is 14.7. The van der Waals surface area contributed by atoms with Crippen molar-refractivity contribution in [1.29, 1.82) is 0 Å². The number of pyridine rings is 1. The quantitative estimate of drug-likeness (QED) is 0.183. The Morgan fingerprint density at radius 3 is 2.65 bits per heavy atom. The maximum absolute atomic E-state index is 12.4. The number of carbonyl (C=O) groups excluding carboxylic acids is 1. The van der Waals surface area contributed by atoms with Crippen molar-refractivity contribution in [2.45, 2.75) is 78.4 Å². The molecule has 0 aliphatic rings. The van der Waals surface area contributed by atoms with E-state index in [-0.39, 0.29) is 11.9 Å². The van der Waals surface area contributed by atoms with Crippen molar-refractivity contribution < 1.29 is 14.3 Å². The van der Waals surface area contributed by atoms with Crippen molar-refractivity contribution in [2.75, 3.05) is 13.2 Å². The molecule has 1 aromatic carbocycles. The first-order valence-corrected chi connectivity index (χ1v) is 16.0. The molecule has 3 aromatic rings. The number of fused-ring (bicyclic) bond motifs is 1. The van der Waals surface area contributed by atoms with E-state index in [1.807, 2.05) is 23.9 Å². The summed E-state index contributed by atoms with van der Waals surface area (Å²) in [5.41, 5.74) is 5.45. The largest absolute Gasteiger partial charge is 0.466 e. The van der Waals surface area contributed by atoms with Gasteiger partial charge in [-0.25, -0.2) is 4.68 Å². The van der Waals surface area contributed by atoms with Crippen LogP contribution in [0.5, 0.6) is 0 Å². The van der Waals surface area contributed by atoms with Crippen molar-refractivity contribution in [3.8, 4) is 0 Å². The zero-order valence-electron chi connectivity index (χ0n) is 21.6. The van der Waals surface area contributed by atoms with E-state index < -0.39 is 8.07 Å². The van der Waals surface area contributed by atoms with E-state index in [9.17, 15) is 4.79 Å². The fourth-order valence-electron chi connectivity index (χ4n) is 4.08. The van der Waals surface area contributed by atoms with E-state index in [1.165, 1.54) is 11.1 Å². The number of carbonyl (C=O) groups is 1. The highest BCUT2D eigenvalue weighted by molar-refractivity contribution is 6.76. The van der Waals surface area contributed by atoms with Crippen LogP contribution in [0.2, 0.25) is 25.7 Å². The molecule has 0 aliphatic carbocycles. The van der Waals surface area contributed by atoms with Crippen LogP contribution < -0.4 is 0 Å². The molecule has 0 amide bonds. The molecule has 2 aromatic heterocycles. The number of aryl methyl sites for hydroxylation is 2. The first-order chi connectivity index (χ1) is 16.2. The van der Waals surface area contributed by atoms with Crippen LogP contribution >= 0.6 is 0 Å². The number of ether oxygens (including phenoxy) is 2. The Labute approximate surface area is 204 Å². The van der Waals surface area contributed by atoms with Crippen molar-refractivity contribution in [1.82, 2.24) is 14.8 Å². The Bertz CT molecular complexity index is 1100. The molecule has 0 radical (unpaired) electrons. The second-order valence-corrected chi connectivity index (χ2v) is 15.8. The third-order valence-corrected chi connectivity index (χ3v) is 7.70. The minimum atomic E-state index is -1.10. The molecule has 2 heterocycles. The maximum Gasteiger partial charge on any atom is 0.306 e. The fourth-order valence-corrected chi connectivity index (χ4v) is 4.84. The SMILES string of the molecule is CCOC(=O)CC(Cc1cc(C)c2nn(COCC[Si-](C)(C)C)cc2c1)c1cc(CC)ccn1. The first kappa shape index (κ1) is 26.1. The van der Waals surface area contributed by atoms with Gasteiger partial charge < -0.3 is 9.47 Å². The van der Waals surface area contributed by atoms with Crippen molar-refractivity contribution in [3.05, 3.63) is 59.0 Å². The molecule has 0 fully saturated rings. The molecular weight excluding hydrogens is 442 g/mol. The van der Waals surface area contributed by atoms with E-state index in [0.29, 0.717) is 26.2 Å². The lowest BCUT2D eigenvalue weighted by atomic mass is 9.90. The van der Waals surface area contributed by atoms with Crippen LogP contribution in [0.3, 0.4) is 0 Å². The summed E-state index contributed by atoms with van der Waals surface area (Å²) in [7, 11) is -1.10. The molecule has 1 unspecified atom stereocenters. The number of nitrogens with zero attached hydrogens (tertiary/aromatic N) is 3. The minimum absolute atomic E-state index is 0.0395. The summed E-state index contributed by atoms with van der Waals surface area (Å²) in [6, 6.07) is 9.64. The Balaban J connectivity index is 1.79. The highest BCUT2D eigenvalue weighted by Gasteiger charge is 2.20. The van der Waals surface area contributed by atoms with Crippen molar-refractivity contribution in [2.24, 2.45) is 0 Å². The molecule has 0 bridgehead atoms. The number of esters is 1. The summed E-state index contributed by atoms with van der Waals surface area (Å²) < 4.78 is 13.0. The molecular formula is C27H39N3O3Si-. The number of hydrogen-bond acceptors (Lipinski definition) is 5. The van der Waals surface area contributed by atoms with Crippen molar-refractivity contribution >= 4 is 24.9 Å².